The quantitative estimate of drug-likeness (QED) is 0.272. The minimum atomic E-state index is -4.67. The largest absolute Gasteiger partial charge is 0.489 e. The summed E-state index contributed by atoms with van der Waals surface area (Å²) in [6, 6.07) is 25.8. The number of benzene rings is 4. The van der Waals surface area contributed by atoms with Gasteiger partial charge in [0.2, 0.25) is 0 Å². The van der Waals surface area contributed by atoms with Crippen molar-refractivity contribution in [2.24, 2.45) is 0 Å². The maximum atomic E-state index is 13.6. The van der Waals surface area contributed by atoms with Gasteiger partial charge in [-0.3, -0.25) is 0 Å². The Morgan fingerprint density at radius 2 is 1.76 bits per heavy atom. The molecule has 0 saturated carbocycles. The van der Waals surface area contributed by atoms with Crippen LogP contribution < -0.4 is 10.1 Å². The van der Waals surface area contributed by atoms with Gasteiger partial charge in [-0.15, -0.1) is 0 Å². The summed E-state index contributed by atoms with van der Waals surface area (Å²) < 4.78 is 51.8. The molecule has 1 heterocycles. The number of hydrogen-bond donors (Lipinski definition) is 1. The number of nitrogens with one attached hydrogen (secondary N) is 1. The van der Waals surface area contributed by atoms with Gasteiger partial charge < -0.3 is 14.8 Å². The number of carbonyl (C=O) groups is 1. The topological polar surface area (TPSA) is 47.6 Å². The van der Waals surface area contributed by atoms with Gasteiger partial charge in [0.15, 0.2) is 0 Å². The molecule has 1 aliphatic heterocycles. The Hall–Kier alpha value is -3.84. The molecule has 1 N–H and O–H groups in total. The molecule has 0 saturated heterocycles. The summed E-state index contributed by atoms with van der Waals surface area (Å²) in [5.41, 5.74) is 1.18. The van der Waals surface area contributed by atoms with Crippen LogP contribution in [0.3, 0.4) is 0 Å². The molecule has 0 aromatic heterocycles. The van der Waals surface area contributed by atoms with Crippen molar-refractivity contribution in [3.63, 3.8) is 0 Å². The van der Waals surface area contributed by atoms with E-state index in [4.69, 9.17) is 4.74 Å². The number of hydrogen-bond acceptors (Lipinski definition) is 4. The highest BCUT2D eigenvalue weighted by molar-refractivity contribution is 5.91. The summed E-state index contributed by atoms with van der Waals surface area (Å²) >= 11 is 0. The van der Waals surface area contributed by atoms with E-state index >= 15 is 0 Å². The van der Waals surface area contributed by atoms with Gasteiger partial charge in [-0.1, -0.05) is 66.7 Å². The molecule has 0 fully saturated rings. The Labute approximate surface area is 219 Å². The maximum Gasteiger partial charge on any atom is 0.417 e. The molecule has 0 amide bonds. The van der Waals surface area contributed by atoms with Crippen molar-refractivity contribution >= 4 is 16.7 Å². The maximum absolute atomic E-state index is 13.6. The average molecular weight is 520 g/mol. The highest BCUT2D eigenvalue weighted by Gasteiger charge is 2.37. The van der Waals surface area contributed by atoms with Crippen molar-refractivity contribution in [3.05, 3.63) is 113 Å². The Balaban J connectivity index is 1.42. The van der Waals surface area contributed by atoms with Crippen LogP contribution in [-0.4, -0.2) is 25.7 Å². The van der Waals surface area contributed by atoms with Crippen LogP contribution in [0.1, 0.15) is 57.9 Å². The smallest absolute Gasteiger partial charge is 0.417 e. The molecule has 196 valence electrons. The first-order valence-corrected chi connectivity index (χ1v) is 12.5. The molecule has 0 unspecified atom stereocenters. The molecule has 4 aromatic carbocycles. The normalized spacial score (nSPS) is 17.9. The fraction of sp³-hybridized carbons (Fsp3) is 0.258. The second kappa shape index (κ2) is 10.5. The Morgan fingerprint density at radius 3 is 2.55 bits per heavy atom. The van der Waals surface area contributed by atoms with E-state index in [1.165, 1.54) is 28.5 Å². The molecule has 0 spiro atoms. The number of ether oxygens (including phenoxy) is 2. The highest BCUT2D eigenvalue weighted by atomic mass is 19.4. The van der Waals surface area contributed by atoms with Crippen LogP contribution in [0.4, 0.5) is 13.2 Å². The van der Waals surface area contributed by atoms with Gasteiger partial charge in [0.05, 0.1) is 18.2 Å². The number of alkyl halides is 3. The summed E-state index contributed by atoms with van der Waals surface area (Å²) in [6.07, 6.45) is -4.35. The van der Waals surface area contributed by atoms with Crippen molar-refractivity contribution in [1.82, 2.24) is 5.32 Å². The van der Waals surface area contributed by atoms with E-state index in [0.717, 1.165) is 18.7 Å². The van der Waals surface area contributed by atoms with Gasteiger partial charge >= 0.3 is 12.1 Å². The third kappa shape index (κ3) is 5.11. The van der Waals surface area contributed by atoms with Crippen molar-refractivity contribution in [3.8, 4) is 5.75 Å². The first-order valence-electron chi connectivity index (χ1n) is 12.5. The number of esters is 1. The number of para-hydroxylation sites is 1. The van der Waals surface area contributed by atoms with Gasteiger partial charge in [0.25, 0.3) is 0 Å². The van der Waals surface area contributed by atoms with Crippen molar-refractivity contribution in [2.75, 3.05) is 13.7 Å². The number of carbonyl (C=O) groups excluding carboxylic acids is 1. The Morgan fingerprint density at radius 1 is 1.03 bits per heavy atom. The Kier molecular flexibility index (Phi) is 7.13. The lowest BCUT2D eigenvalue weighted by Gasteiger charge is -2.33. The van der Waals surface area contributed by atoms with Crippen LogP contribution in [0.15, 0.2) is 84.9 Å². The van der Waals surface area contributed by atoms with Crippen LogP contribution in [0, 0.1) is 0 Å². The molecular formula is C31H28F3NO3. The van der Waals surface area contributed by atoms with Crippen LogP contribution in [0.25, 0.3) is 10.8 Å². The SMILES string of the molecule is COC(=O)c1cc([C@@H]2C[C@H](CN[C@H](C)c3cccc4ccccc34)Oc3ccccc32)ccc1C(F)(F)F. The third-order valence-corrected chi connectivity index (χ3v) is 7.18. The molecule has 5 rings (SSSR count). The van der Waals surface area contributed by atoms with E-state index < -0.39 is 23.3 Å². The highest BCUT2D eigenvalue weighted by Crippen LogP contribution is 2.42. The molecule has 4 nitrogen and oxygen atoms in total. The predicted octanol–water partition coefficient (Wildman–Crippen LogP) is 7.28. The van der Waals surface area contributed by atoms with Gasteiger partial charge in [-0.05, 0) is 53.4 Å². The monoisotopic (exact) mass is 519 g/mol. The summed E-state index contributed by atoms with van der Waals surface area (Å²) in [6.45, 7) is 2.65. The summed E-state index contributed by atoms with van der Waals surface area (Å²) in [4.78, 5) is 12.3. The number of fused-ring (bicyclic) bond motifs is 2. The first kappa shape index (κ1) is 25.8. The first-order chi connectivity index (χ1) is 18.3. The minimum Gasteiger partial charge on any atom is -0.489 e. The lowest BCUT2D eigenvalue weighted by molar-refractivity contribution is -0.138. The van der Waals surface area contributed by atoms with Gasteiger partial charge in [-0.2, -0.15) is 13.2 Å². The zero-order valence-electron chi connectivity index (χ0n) is 21.1. The number of halogens is 3. The number of methoxy groups -OCH3 is 1. The van der Waals surface area contributed by atoms with E-state index in [1.807, 2.05) is 42.5 Å². The van der Waals surface area contributed by atoms with Crippen LogP contribution >= 0.6 is 0 Å². The lowest BCUT2D eigenvalue weighted by atomic mass is 9.83. The number of rotatable bonds is 6. The molecule has 7 heteroatoms. The van der Waals surface area contributed by atoms with E-state index in [-0.39, 0.29) is 18.1 Å². The lowest BCUT2D eigenvalue weighted by Crippen LogP contribution is -2.37. The third-order valence-electron chi connectivity index (χ3n) is 7.18. The van der Waals surface area contributed by atoms with Crippen LogP contribution in [0.2, 0.25) is 0 Å². The molecule has 1 aliphatic rings. The fourth-order valence-electron chi connectivity index (χ4n) is 5.28. The summed E-state index contributed by atoms with van der Waals surface area (Å²) in [5, 5.41) is 5.94. The molecule has 0 bridgehead atoms. The minimum absolute atomic E-state index is 0.0531. The second-order valence-electron chi connectivity index (χ2n) is 9.56. The molecular weight excluding hydrogens is 491 g/mol. The van der Waals surface area contributed by atoms with E-state index in [0.29, 0.717) is 24.3 Å². The second-order valence-corrected chi connectivity index (χ2v) is 9.56. The van der Waals surface area contributed by atoms with Crippen molar-refractivity contribution in [1.29, 1.82) is 0 Å². The Bertz CT molecular complexity index is 1460. The standard InChI is InChI=1S/C31H28F3NO3/c1-19(23-12-7-9-20-8-3-4-10-24(20)23)35-18-22-17-26(25-11-5-6-13-29(25)38-22)21-14-15-28(31(32,33)34)27(16-21)30(36)37-2/h3-16,19,22,26,35H,17-18H2,1-2H3/t19-,22-,26+/m1/s1. The van der Waals surface area contributed by atoms with Gasteiger partial charge in [0.1, 0.15) is 11.9 Å². The fourth-order valence-corrected chi connectivity index (χ4v) is 5.28. The average Bonchev–Trinajstić information content (AvgIpc) is 2.93. The van der Waals surface area contributed by atoms with Crippen molar-refractivity contribution < 1.29 is 27.4 Å². The van der Waals surface area contributed by atoms with Crippen molar-refractivity contribution in [2.45, 2.75) is 37.6 Å². The summed E-state index contributed by atoms with van der Waals surface area (Å²) in [5.74, 6) is -0.570. The van der Waals surface area contributed by atoms with Gasteiger partial charge in [-0.25, -0.2) is 4.79 Å². The zero-order valence-corrected chi connectivity index (χ0v) is 21.1. The van der Waals surface area contributed by atoms with Crippen LogP contribution in [0.5, 0.6) is 5.75 Å². The molecule has 0 aliphatic carbocycles. The summed E-state index contributed by atoms with van der Waals surface area (Å²) in [7, 11) is 1.08. The van der Waals surface area contributed by atoms with E-state index in [1.54, 1.807) is 0 Å². The predicted molar refractivity (Wildman–Crippen MR) is 140 cm³/mol. The van der Waals surface area contributed by atoms with E-state index in [9.17, 15) is 18.0 Å². The zero-order chi connectivity index (χ0) is 26.9. The van der Waals surface area contributed by atoms with E-state index in [2.05, 4.69) is 41.2 Å². The molecule has 0 radical (unpaired) electrons. The molecule has 4 aromatic rings. The molecule has 38 heavy (non-hydrogen) atoms. The van der Waals surface area contributed by atoms with Gasteiger partial charge in [0, 0.05) is 24.1 Å². The molecule has 3 atom stereocenters. The van der Waals surface area contributed by atoms with Crippen LogP contribution in [-0.2, 0) is 10.9 Å².